The molecule has 1 saturated heterocycles. The van der Waals surface area contributed by atoms with E-state index in [1.165, 1.54) is 17.0 Å². The fraction of sp³-hybridized carbons (Fsp3) is 0.250. The van der Waals surface area contributed by atoms with Crippen LogP contribution in [0.25, 0.3) is 0 Å². The van der Waals surface area contributed by atoms with Crippen molar-refractivity contribution in [2.45, 2.75) is 6.42 Å². The molecule has 1 aliphatic rings. The average Bonchev–Trinajstić information content (AvgIpc) is 2.71. The van der Waals surface area contributed by atoms with Crippen LogP contribution in [-0.2, 0) is 9.59 Å². The molecule has 1 atom stereocenters. The van der Waals surface area contributed by atoms with Crippen molar-refractivity contribution in [2.75, 3.05) is 11.4 Å². The van der Waals surface area contributed by atoms with E-state index in [1.54, 1.807) is 6.07 Å². The lowest BCUT2D eigenvalue weighted by Crippen LogP contribution is -2.25. The molecule has 6 heteroatoms. The molecule has 1 aromatic rings. The molecular weight excluding hydrogens is 239 g/mol. The normalized spacial score (nSPS) is 18.8. The number of benzene rings is 1. The van der Waals surface area contributed by atoms with Crippen LogP contribution in [0, 0.1) is 23.1 Å². The Labute approximate surface area is 102 Å². The lowest BCUT2D eigenvalue weighted by atomic mass is 10.1. The second kappa shape index (κ2) is 4.45. The van der Waals surface area contributed by atoms with Gasteiger partial charge in [0.2, 0.25) is 5.91 Å². The van der Waals surface area contributed by atoms with Gasteiger partial charge in [-0.15, -0.1) is 0 Å². The number of rotatable bonds is 2. The van der Waals surface area contributed by atoms with Gasteiger partial charge in [0.25, 0.3) is 0 Å². The molecular formula is C12H9FN2O3. The summed E-state index contributed by atoms with van der Waals surface area (Å²) in [5, 5.41) is 17.4. The first-order valence-electron chi connectivity index (χ1n) is 5.25. The summed E-state index contributed by atoms with van der Waals surface area (Å²) in [5.74, 6) is -2.88. The fourth-order valence-electron chi connectivity index (χ4n) is 1.89. The Balaban J connectivity index is 2.28. The Hall–Kier alpha value is -2.42. The van der Waals surface area contributed by atoms with E-state index in [0.29, 0.717) is 0 Å². The van der Waals surface area contributed by atoms with Gasteiger partial charge in [0.05, 0.1) is 11.5 Å². The van der Waals surface area contributed by atoms with Crippen molar-refractivity contribution in [2.24, 2.45) is 5.92 Å². The quantitative estimate of drug-likeness (QED) is 0.850. The SMILES string of the molecule is N#Cc1ccc(N2CC(C(=O)O)CC2=O)cc1F. The lowest BCUT2D eigenvalue weighted by molar-refractivity contribution is -0.141. The highest BCUT2D eigenvalue weighted by molar-refractivity contribution is 5.99. The summed E-state index contributed by atoms with van der Waals surface area (Å²) in [6, 6.07) is 5.45. The van der Waals surface area contributed by atoms with Crippen molar-refractivity contribution >= 4 is 17.6 Å². The largest absolute Gasteiger partial charge is 0.481 e. The minimum Gasteiger partial charge on any atom is -0.481 e. The molecule has 1 amide bonds. The van der Waals surface area contributed by atoms with Gasteiger partial charge in [-0.25, -0.2) is 4.39 Å². The molecule has 2 rings (SSSR count). The summed E-state index contributed by atoms with van der Waals surface area (Å²) in [5.41, 5.74) is 0.167. The van der Waals surface area contributed by atoms with E-state index in [9.17, 15) is 14.0 Å². The van der Waals surface area contributed by atoms with Crippen LogP contribution < -0.4 is 4.90 Å². The van der Waals surface area contributed by atoms with E-state index >= 15 is 0 Å². The molecule has 0 saturated carbocycles. The molecule has 1 aliphatic heterocycles. The summed E-state index contributed by atoms with van der Waals surface area (Å²) in [6.45, 7) is 0.0273. The third-order valence-electron chi connectivity index (χ3n) is 2.86. The Morgan fingerprint density at radius 3 is 2.78 bits per heavy atom. The van der Waals surface area contributed by atoms with Gasteiger partial charge in [-0.3, -0.25) is 9.59 Å². The van der Waals surface area contributed by atoms with Crippen molar-refractivity contribution in [3.05, 3.63) is 29.6 Å². The van der Waals surface area contributed by atoms with E-state index in [1.807, 2.05) is 0 Å². The maximum Gasteiger partial charge on any atom is 0.308 e. The van der Waals surface area contributed by atoms with Gasteiger partial charge in [-0.2, -0.15) is 5.26 Å². The molecule has 1 N–H and O–H groups in total. The minimum atomic E-state index is -1.04. The Bertz CT molecular complexity index is 565. The zero-order valence-electron chi connectivity index (χ0n) is 9.26. The molecule has 92 valence electrons. The monoisotopic (exact) mass is 248 g/mol. The maximum atomic E-state index is 13.4. The number of halogens is 1. The predicted molar refractivity (Wildman–Crippen MR) is 59.2 cm³/mol. The number of anilines is 1. The van der Waals surface area contributed by atoms with Gasteiger partial charge in [0.15, 0.2) is 0 Å². The molecule has 0 aromatic heterocycles. The number of hydrogen-bond donors (Lipinski definition) is 1. The lowest BCUT2D eigenvalue weighted by Gasteiger charge is -2.16. The number of carboxylic acids is 1. The van der Waals surface area contributed by atoms with Crippen LogP contribution in [-0.4, -0.2) is 23.5 Å². The number of nitrogens with zero attached hydrogens (tertiary/aromatic N) is 2. The maximum absolute atomic E-state index is 13.4. The zero-order chi connectivity index (χ0) is 13.3. The van der Waals surface area contributed by atoms with Crippen molar-refractivity contribution in [1.82, 2.24) is 0 Å². The van der Waals surface area contributed by atoms with Gasteiger partial charge in [-0.05, 0) is 18.2 Å². The number of carboxylic acid groups (broad SMARTS) is 1. The number of carbonyl (C=O) groups is 2. The highest BCUT2D eigenvalue weighted by Crippen LogP contribution is 2.26. The van der Waals surface area contributed by atoms with Crippen LogP contribution in [0.5, 0.6) is 0 Å². The third-order valence-corrected chi connectivity index (χ3v) is 2.86. The minimum absolute atomic E-state index is 0.0273. The third kappa shape index (κ3) is 2.02. The first-order chi connectivity index (χ1) is 8.52. The number of hydrogen-bond acceptors (Lipinski definition) is 3. The van der Waals surface area contributed by atoms with Crippen LogP contribution in [0.15, 0.2) is 18.2 Å². The Morgan fingerprint density at radius 1 is 1.56 bits per heavy atom. The molecule has 0 spiro atoms. The van der Waals surface area contributed by atoms with Crippen molar-refractivity contribution in [3.8, 4) is 6.07 Å². The summed E-state index contributed by atoms with van der Waals surface area (Å²) in [4.78, 5) is 23.7. The summed E-state index contributed by atoms with van der Waals surface area (Å²) < 4.78 is 13.4. The zero-order valence-corrected chi connectivity index (χ0v) is 9.26. The number of nitriles is 1. The van der Waals surface area contributed by atoms with E-state index in [4.69, 9.17) is 10.4 Å². The van der Waals surface area contributed by atoms with Gasteiger partial charge in [-0.1, -0.05) is 0 Å². The van der Waals surface area contributed by atoms with Crippen LogP contribution >= 0.6 is 0 Å². The summed E-state index contributed by atoms with van der Waals surface area (Å²) in [7, 11) is 0. The van der Waals surface area contributed by atoms with Crippen molar-refractivity contribution < 1.29 is 19.1 Å². The second-order valence-corrected chi connectivity index (χ2v) is 4.02. The average molecular weight is 248 g/mol. The number of carbonyl (C=O) groups excluding carboxylic acids is 1. The van der Waals surface area contributed by atoms with Crippen LogP contribution in [0.1, 0.15) is 12.0 Å². The molecule has 0 aliphatic carbocycles. The van der Waals surface area contributed by atoms with Gasteiger partial charge >= 0.3 is 5.97 Å². The van der Waals surface area contributed by atoms with Gasteiger partial charge in [0.1, 0.15) is 11.9 Å². The smallest absolute Gasteiger partial charge is 0.308 e. The first-order valence-corrected chi connectivity index (χ1v) is 5.25. The van der Waals surface area contributed by atoms with Crippen molar-refractivity contribution in [1.29, 1.82) is 5.26 Å². The fourth-order valence-corrected chi connectivity index (χ4v) is 1.89. The molecule has 1 unspecified atom stereocenters. The Kier molecular flexibility index (Phi) is 2.98. The van der Waals surface area contributed by atoms with E-state index in [-0.39, 0.29) is 30.1 Å². The van der Waals surface area contributed by atoms with Crippen molar-refractivity contribution in [3.63, 3.8) is 0 Å². The molecule has 0 bridgehead atoms. The molecule has 1 heterocycles. The summed E-state index contributed by atoms with van der Waals surface area (Å²) in [6.07, 6.45) is -0.0864. The van der Waals surface area contributed by atoms with Crippen LogP contribution in [0.3, 0.4) is 0 Å². The molecule has 18 heavy (non-hydrogen) atoms. The van der Waals surface area contributed by atoms with Crippen LogP contribution in [0.4, 0.5) is 10.1 Å². The van der Waals surface area contributed by atoms with E-state index in [2.05, 4.69) is 0 Å². The molecule has 1 fully saturated rings. The molecule has 5 nitrogen and oxygen atoms in total. The topological polar surface area (TPSA) is 81.4 Å². The highest BCUT2D eigenvalue weighted by atomic mass is 19.1. The summed E-state index contributed by atoms with van der Waals surface area (Å²) >= 11 is 0. The van der Waals surface area contributed by atoms with Gasteiger partial charge < -0.3 is 10.0 Å². The van der Waals surface area contributed by atoms with Crippen LogP contribution in [0.2, 0.25) is 0 Å². The van der Waals surface area contributed by atoms with E-state index < -0.39 is 17.7 Å². The molecule has 0 radical (unpaired) electrons. The second-order valence-electron chi connectivity index (χ2n) is 4.02. The predicted octanol–water partition coefficient (Wildman–Crippen LogP) is 1.13. The Morgan fingerprint density at radius 2 is 2.28 bits per heavy atom. The molecule has 1 aromatic carbocycles. The van der Waals surface area contributed by atoms with Gasteiger partial charge in [0, 0.05) is 18.7 Å². The number of aliphatic carboxylic acids is 1. The van der Waals surface area contributed by atoms with E-state index in [0.717, 1.165) is 6.07 Å². The first kappa shape index (κ1) is 12.0. The highest BCUT2D eigenvalue weighted by Gasteiger charge is 2.35. The standard InChI is InChI=1S/C12H9FN2O3/c13-10-4-9(2-1-7(10)5-14)15-6-8(12(17)18)3-11(15)16/h1-2,4,8H,3,6H2,(H,17,18). The number of amides is 1.